The van der Waals surface area contributed by atoms with Gasteiger partial charge in [-0.3, -0.25) is 0 Å². The van der Waals surface area contributed by atoms with Gasteiger partial charge in [-0.05, 0) is 34.0 Å². The standard InChI is InChI=1S/C10H21F3N2O/c1-9(16,8-15(2)3)7-14-6-4-5-10(11,12)13/h14,16H,4-8H2,1-3H3. The summed E-state index contributed by atoms with van der Waals surface area (Å²) in [6, 6.07) is 0. The number of hydrogen-bond acceptors (Lipinski definition) is 3. The predicted molar refractivity (Wildman–Crippen MR) is 57.3 cm³/mol. The van der Waals surface area contributed by atoms with Crippen molar-refractivity contribution in [1.29, 1.82) is 0 Å². The van der Waals surface area contributed by atoms with Gasteiger partial charge in [-0.25, -0.2) is 0 Å². The van der Waals surface area contributed by atoms with E-state index in [1.54, 1.807) is 6.92 Å². The van der Waals surface area contributed by atoms with Crippen LogP contribution in [0, 0.1) is 0 Å². The fourth-order valence-corrected chi connectivity index (χ4v) is 1.51. The molecule has 0 bridgehead atoms. The molecule has 1 atom stereocenters. The molecule has 0 aliphatic carbocycles. The van der Waals surface area contributed by atoms with Crippen LogP contribution in [-0.2, 0) is 0 Å². The summed E-state index contributed by atoms with van der Waals surface area (Å²) in [5, 5.41) is 12.6. The quantitative estimate of drug-likeness (QED) is 0.659. The monoisotopic (exact) mass is 242 g/mol. The first-order valence-electron chi connectivity index (χ1n) is 5.27. The summed E-state index contributed by atoms with van der Waals surface area (Å²) in [5.74, 6) is 0. The maximum atomic E-state index is 11.8. The Balaban J connectivity index is 3.58. The molecule has 3 nitrogen and oxygen atoms in total. The second kappa shape index (κ2) is 6.42. The van der Waals surface area contributed by atoms with Crippen molar-refractivity contribution in [3.05, 3.63) is 0 Å². The van der Waals surface area contributed by atoms with Crippen LogP contribution in [0.25, 0.3) is 0 Å². The van der Waals surface area contributed by atoms with Gasteiger partial charge in [-0.15, -0.1) is 0 Å². The first-order chi connectivity index (χ1) is 7.12. The van der Waals surface area contributed by atoms with E-state index in [1.165, 1.54) is 0 Å². The number of nitrogens with zero attached hydrogens (tertiary/aromatic N) is 1. The van der Waals surface area contributed by atoms with Crippen LogP contribution in [0.15, 0.2) is 0 Å². The second-order valence-electron chi connectivity index (χ2n) is 4.63. The highest BCUT2D eigenvalue weighted by atomic mass is 19.4. The molecule has 0 aromatic heterocycles. The normalized spacial score (nSPS) is 16.5. The topological polar surface area (TPSA) is 35.5 Å². The van der Waals surface area contributed by atoms with Crippen LogP contribution in [0.3, 0.4) is 0 Å². The Labute approximate surface area is 94.6 Å². The molecule has 0 aliphatic rings. The van der Waals surface area contributed by atoms with Crippen molar-refractivity contribution in [2.75, 3.05) is 33.7 Å². The molecule has 0 aromatic carbocycles. The average Bonchev–Trinajstić information content (AvgIpc) is 1.98. The largest absolute Gasteiger partial charge is 0.389 e. The lowest BCUT2D eigenvalue weighted by atomic mass is 10.1. The zero-order chi connectivity index (χ0) is 12.8. The van der Waals surface area contributed by atoms with E-state index in [1.807, 2.05) is 19.0 Å². The van der Waals surface area contributed by atoms with Crippen LogP contribution in [0.1, 0.15) is 19.8 Å². The highest BCUT2D eigenvalue weighted by Crippen LogP contribution is 2.20. The molecule has 1 unspecified atom stereocenters. The Hall–Kier alpha value is -0.330. The van der Waals surface area contributed by atoms with Crippen LogP contribution >= 0.6 is 0 Å². The number of hydrogen-bond donors (Lipinski definition) is 2. The highest BCUT2D eigenvalue weighted by molar-refractivity contribution is 4.77. The predicted octanol–water partition coefficient (Wildman–Crippen LogP) is 1.23. The van der Waals surface area contributed by atoms with Crippen molar-refractivity contribution in [1.82, 2.24) is 10.2 Å². The summed E-state index contributed by atoms with van der Waals surface area (Å²) in [6.45, 7) is 2.69. The molecule has 0 radical (unpaired) electrons. The molecular weight excluding hydrogens is 221 g/mol. The minimum atomic E-state index is -4.09. The lowest BCUT2D eigenvalue weighted by molar-refractivity contribution is -0.135. The fourth-order valence-electron chi connectivity index (χ4n) is 1.51. The Morgan fingerprint density at radius 1 is 1.25 bits per heavy atom. The van der Waals surface area contributed by atoms with E-state index < -0.39 is 18.2 Å². The van der Waals surface area contributed by atoms with Crippen LogP contribution in [0.5, 0.6) is 0 Å². The summed E-state index contributed by atoms with van der Waals surface area (Å²) in [6.07, 6.45) is -4.83. The van der Waals surface area contributed by atoms with Crippen molar-refractivity contribution in [3.63, 3.8) is 0 Å². The van der Waals surface area contributed by atoms with E-state index in [0.717, 1.165) is 0 Å². The molecule has 6 heteroatoms. The fraction of sp³-hybridized carbons (Fsp3) is 1.00. The smallest absolute Gasteiger partial charge is 0.388 e. The third kappa shape index (κ3) is 10.2. The maximum Gasteiger partial charge on any atom is 0.389 e. The van der Waals surface area contributed by atoms with Gasteiger partial charge in [0.05, 0.1) is 5.60 Å². The summed E-state index contributed by atoms with van der Waals surface area (Å²) < 4.78 is 35.4. The van der Waals surface area contributed by atoms with Crippen LogP contribution < -0.4 is 5.32 Å². The zero-order valence-electron chi connectivity index (χ0n) is 10.1. The second-order valence-corrected chi connectivity index (χ2v) is 4.63. The molecule has 0 heterocycles. The molecule has 98 valence electrons. The van der Waals surface area contributed by atoms with Crippen molar-refractivity contribution in [3.8, 4) is 0 Å². The number of rotatable bonds is 7. The number of nitrogens with one attached hydrogen (secondary N) is 1. The van der Waals surface area contributed by atoms with Gasteiger partial charge in [-0.1, -0.05) is 0 Å². The molecule has 0 aromatic rings. The van der Waals surface area contributed by atoms with Crippen molar-refractivity contribution < 1.29 is 18.3 Å². The number of alkyl halides is 3. The highest BCUT2D eigenvalue weighted by Gasteiger charge is 2.26. The molecule has 2 N–H and O–H groups in total. The van der Waals surface area contributed by atoms with Crippen molar-refractivity contribution >= 4 is 0 Å². The average molecular weight is 242 g/mol. The Kier molecular flexibility index (Phi) is 6.28. The molecule has 0 fully saturated rings. The number of aliphatic hydroxyl groups is 1. The first-order valence-corrected chi connectivity index (χ1v) is 5.27. The minimum Gasteiger partial charge on any atom is -0.388 e. The van der Waals surface area contributed by atoms with Gasteiger partial charge in [0.1, 0.15) is 0 Å². The van der Waals surface area contributed by atoms with Crippen LogP contribution in [-0.4, -0.2) is 55.5 Å². The number of halogens is 3. The van der Waals surface area contributed by atoms with Crippen molar-refractivity contribution in [2.24, 2.45) is 0 Å². The molecule has 0 aliphatic heterocycles. The molecule has 0 saturated carbocycles. The van der Waals surface area contributed by atoms with Crippen LogP contribution in [0.2, 0.25) is 0 Å². The Morgan fingerprint density at radius 3 is 2.25 bits per heavy atom. The van der Waals surface area contributed by atoms with Gasteiger partial charge >= 0.3 is 6.18 Å². The Morgan fingerprint density at radius 2 is 1.81 bits per heavy atom. The van der Waals surface area contributed by atoms with E-state index in [9.17, 15) is 18.3 Å². The van der Waals surface area contributed by atoms with Gasteiger partial charge in [-0.2, -0.15) is 13.2 Å². The summed E-state index contributed by atoms with van der Waals surface area (Å²) >= 11 is 0. The third-order valence-corrected chi connectivity index (χ3v) is 1.98. The summed E-state index contributed by atoms with van der Waals surface area (Å²) in [7, 11) is 3.66. The molecule has 16 heavy (non-hydrogen) atoms. The van der Waals surface area contributed by atoms with Gasteiger partial charge in [0.15, 0.2) is 0 Å². The van der Waals surface area contributed by atoms with Gasteiger partial charge in [0, 0.05) is 19.5 Å². The summed E-state index contributed by atoms with van der Waals surface area (Å²) in [4.78, 5) is 1.83. The minimum absolute atomic E-state index is 0.0432. The van der Waals surface area contributed by atoms with Crippen molar-refractivity contribution in [2.45, 2.75) is 31.5 Å². The molecule has 0 saturated heterocycles. The first kappa shape index (κ1) is 15.7. The summed E-state index contributed by atoms with van der Waals surface area (Å²) in [5.41, 5.74) is -0.915. The molecule has 0 rings (SSSR count). The molecule has 0 spiro atoms. The lowest BCUT2D eigenvalue weighted by Crippen LogP contribution is -2.45. The molecular formula is C10H21F3N2O. The van der Waals surface area contributed by atoms with Gasteiger partial charge in [0.2, 0.25) is 0 Å². The van der Waals surface area contributed by atoms with Crippen LogP contribution in [0.4, 0.5) is 13.2 Å². The van der Waals surface area contributed by atoms with E-state index in [4.69, 9.17) is 0 Å². The van der Waals surface area contributed by atoms with E-state index in [2.05, 4.69) is 5.32 Å². The Bertz CT molecular complexity index is 193. The van der Waals surface area contributed by atoms with Gasteiger partial charge < -0.3 is 15.3 Å². The lowest BCUT2D eigenvalue weighted by Gasteiger charge is -2.27. The zero-order valence-corrected chi connectivity index (χ0v) is 10.1. The van der Waals surface area contributed by atoms with E-state index >= 15 is 0 Å². The molecule has 0 amide bonds. The maximum absolute atomic E-state index is 11.8. The SMILES string of the molecule is CN(C)CC(C)(O)CNCCCC(F)(F)F. The van der Waals surface area contributed by atoms with E-state index in [-0.39, 0.29) is 13.0 Å². The van der Waals surface area contributed by atoms with E-state index in [0.29, 0.717) is 13.1 Å². The number of likely N-dealkylation sites (N-methyl/N-ethyl adjacent to an activating group) is 1. The third-order valence-electron chi connectivity index (χ3n) is 1.98. The van der Waals surface area contributed by atoms with Gasteiger partial charge in [0.25, 0.3) is 0 Å².